The molecule has 1 N–H and O–H groups in total. The number of hydrogen-bond acceptors (Lipinski definition) is 3. The van der Waals surface area contributed by atoms with Gasteiger partial charge in [-0.05, 0) is 50.5 Å². The van der Waals surface area contributed by atoms with Crippen LogP contribution in [0.15, 0.2) is 42.7 Å². The number of nitrogens with zero attached hydrogens (tertiary/aromatic N) is 3. The normalized spacial score (nSPS) is 18.2. The lowest BCUT2D eigenvalue weighted by Gasteiger charge is -2.44. The lowest BCUT2D eigenvalue weighted by molar-refractivity contribution is -0.133. The summed E-state index contributed by atoms with van der Waals surface area (Å²) in [5, 5.41) is 4.09. The van der Waals surface area contributed by atoms with Gasteiger partial charge < -0.3 is 24.1 Å². The van der Waals surface area contributed by atoms with Gasteiger partial charge in [-0.25, -0.2) is 0 Å². The summed E-state index contributed by atoms with van der Waals surface area (Å²) in [6.45, 7) is 9.85. The van der Waals surface area contributed by atoms with Crippen LogP contribution in [0.25, 0.3) is 16.6 Å². The second-order valence-corrected chi connectivity index (χ2v) is 9.56. The van der Waals surface area contributed by atoms with E-state index >= 15 is 0 Å². The van der Waals surface area contributed by atoms with E-state index in [4.69, 9.17) is 4.74 Å². The predicted octanol–water partition coefficient (Wildman–Crippen LogP) is 3.76. The summed E-state index contributed by atoms with van der Waals surface area (Å²) >= 11 is 0. The van der Waals surface area contributed by atoms with Crippen LogP contribution >= 0.6 is 0 Å². The lowest BCUT2D eigenvalue weighted by atomic mass is 9.94. The van der Waals surface area contributed by atoms with Crippen molar-refractivity contribution in [1.29, 1.82) is 0 Å². The molecule has 3 aromatic rings. The van der Waals surface area contributed by atoms with Gasteiger partial charge in [-0.1, -0.05) is 25.5 Å². The van der Waals surface area contributed by atoms with Crippen LogP contribution in [-0.4, -0.2) is 58.2 Å². The molecule has 1 aliphatic rings. The smallest absolute Gasteiger partial charge is 0.273 e. The minimum Gasteiger partial charge on any atom is -0.383 e. The van der Waals surface area contributed by atoms with Crippen molar-refractivity contribution in [2.24, 2.45) is 5.92 Å². The molecule has 3 heterocycles. The molecule has 7 nitrogen and oxygen atoms in total. The molecular weight excluding hydrogens is 416 g/mol. The number of fused-ring (bicyclic) bond motifs is 3. The molecule has 0 radical (unpaired) electrons. The zero-order valence-corrected chi connectivity index (χ0v) is 20.2. The first-order valence-electron chi connectivity index (χ1n) is 11.6. The Bertz CT molecular complexity index is 1160. The van der Waals surface area contributed by atoms with Gasteiger partial charge in [0.2, 0.25) is 5.91 Å². The number of rotatable bonds is 8. The van der Waals surface area contributed by atoms with Crippen molar-refractivity contribution in [3.63, 3.8) is 0 Å². The Hall–Kier alpha value is -3.06. The molecule has 2 aromatic heterocycles. The molecule has 0 aliphatic carbocycles. The van der Waals surface area contributed by atoms with Gasteiger partial charge >= 0.3 is 0 Å². The Morgan fingerprint density at radius 3 is 2.64 bits per heavy atom. The summed E-state index contributed by atoms with van der Waals surface area (Å²) in [7, 11) is 1.61. The molecule has 7 heteroatoms. The third kappa shape index (κ3) is 4.06. The maximum absolute atomic E-state index is 14.1. The number of carbonyl (C=O) groups excluding carboxylic acids is 2. The van der Waals surface area contributed by atoms with Crippen molar-refractivity contribution in [3.8, 4) is 5.69 Å². The summed E-state index contributed by atoms with van der Waals surface area (Å²) in [6, 6.07) is 10.1. The van der Waals surface area contributed by atoms with Crippen molar-refractivity contribution in [2.45, 2.75) is 46.2 Å². The molecular formula is C26H34N4O3. The Kier molecular flexibility index (Phi) is 6.34. The van der Waals surface area contributed by atoms with Crippen LogP contribution < -0.4 is 5.32 Å². The van der Waals surface area contributed by atoms with E-state index in [-0.39, 0.29) is 11.8 Å². The Morgan fingerprint density at radius 1 is 1.24 bits per heavy atom. The molecule has 4 rings (SSSR count). The first-order chi connectivity index (χ1) is 15.8. The van der Waals surface area contributed by atoms with Crippen LogP contribution in [-0.2, 0) is 16.1 Å². The predicted molar refractivity (Wildman–Crippen MR) is 130 cm³/mol. The number of aryl methyl sites for hydroxylation is 1. The molecule has 0 bridgehead atoms. The number of carbonyl (C=O) groups is 2. The van der Waals surface area contributed by atoms with Crippen LogP contribution in [0.2, 0.25) is 0 Å². The van der Waals surface area contributed by atoms with E-state index < -0.39 is 5.54 Å². The summed E-state index contributed by atoms with van der Waals surface area (Å²) in [5.74, 6) is 0.204. The van der Waals surface area contributed by atoms with Crippen molar-refractivity contribution in [2.75, 3.05) is 26.8 Å². The zero-order valence-electron chi connectivity index (χ0n) is 20.2. The van der Waals surface area contributed by atoms with E-state index in [2.05, 4.69) is 44.3 Å². The van der Waals surface area contributed by atoms with E-state index in [0.717, 1.165) is 28.6 Å². The molecule has 0 saturated heterocycles. The second-order valence-electron chi connectivity index (χ2n) is 9.56. The molecule has 1 atom stereocenters. The first-order valence-corrected chi connectivity index (χ1v) is 11.6. The van der Waals surface area contributed by atoms with Gasteiger partial charge in [-0.2, -0.15) is 0 Å². The van der Waals surface area contributed by atoms with E-state index in [1.54, 1.807) is 12.0 Å². The van der Waals surface area contributed by atoms with Crippen LogP contribution in [0.3, 0.4) is 0 Å². The second kappa shape index (κ2) is 9.06. The van der Waals surface area contributed by atoms with E-state index in [1.807, 2.05) is 40.6 Å². The Labute approximate surface area is 195 Å². The largest absolute Gasteiger partial charge is 0.383 e. The molecule has 0 fully saturated rings. The summed E-state index contributed by atoms with van der Waals surface area (Å²) in [5.41, 5.74) is 2.52. The number of benzene rings is 1. The zero-order chi connectivity index (χ0) is 23.8. The number of hydrogen-bond donors (Lipinski definition) is 1. The Morgan fingerprint density at radius 2 is 1.97 bits per heavy atom. The van der Waals surface area contributed by atoms with Gasteiger partial charge in [-0.3, -0.25) is 9.59 Å². The fraction of sp³-hybridized carbons (Fsp3) is 0.462. The monoisotopic (exact) mass is 450 g/mol. The molecule has 1 aromatic carbocycles. The van der Waals surface area contributed by atoms with Crippen LogP contribution in [0.5, 0.6) is 0 Å². The van der Waals surface area contributed by atoms with E-state index in [0.29, 0.717) is 37.9 Å². The number of ether oxygens (including phenoxy) is 1. The molecule has 33 heavy (non-hydrogen) atoms. The van der Waals surface area contributed by atoms with Gasteiger partial charge in [0.1, 0.15) is 11.2 Å². The van der Waals surface area contributed by atoms with Crippen molar-refractivity contribution >= 4 is 22.7 Å². The highest BCUT2D eigenvalue weighted by atomic mass is 16.5. The molecule has 1 aliphatic heterocycles. The average molecular weight is 451 g/mol. The number of nitrogens with one attached hydrogen (secondary N) is 1. The number of aromatic nitrogens is 2. The molecule has 0 saturated carbocycles. The summed E-state index contributed by atoms with van der Waals surface area (Å²) in [6.07, 6.45) is 4.80. The SMILES string of the molecule is COCCN1C(=O)c2c(-n3cccc3)c3cc(C)ccc3n2C[C@@]1(C)C(=O)NCCC(C)C. The van der Waals surface area contributed by atoms with Crippen molar-refractivity contribution in [3.05, 3.63) is 54.0 Å². The van der Waals surface area contributed by atoms with Crippen LogP contribution in [0, 0.1) is 12.8 Å². The third-order valence-electron chi connectivity index (χ3n) is 6.58. The topological polar surface area (TPSA) is 68.5 Å². The average Bonchev–Trinajstić information content (AvgIpc) is 3.39. The fourth-order valence-corrected chi connectivity index (χ4v) is 4.71. The molecule has 0 unspecified atom stereocenters. The summed E-state index contributed by atoms with van der Waals surface area (Å²) < 4.78 is 9.32. The molecule has 176 valence electrons. The van der Waals surface area contributed by atoms with Crippen molar-refractivity contribution < 1.29 is 14.3 Å². The van der Waals surface area contributed by atoms with Gasteiger partial charge in [0.25, 0.3) is 5.91 Å². The first kappa shape index (κ1) is 23.1. The molecule has 0 spiro atoms. The van der Waals surface area contributed by atoms with E-state index in [1.165, 1.54) is 0 Å². The van der Waals surface area contributed by atoms with Crippen LogP contribution in [0.1, 0.15) is 43.2 Å². The highest BCUT2D eigenvalue weighted by Gasteiger charge is 2.48. The Balaban J connectivity index is 1.86. The highest BCUT2D eigenvalue weighted by molar-refractivity contribution is 6.09. The maximum Gasteiger partial charge on any atom is 0.273 e. The third-order valence-corrected chi connectivity index (χ3v) is 6.58. The fourth-order valence-electron chi connectivity index (χ4n) is 4.71. The summed E-state index contributed by atoms with van der Waals surface area (Å²) in [4.78, 5) is 29.2. The van der Waals surface area contributed by atoms with Gasteiger partial charge in [0, 0.05) is 38.0 Å². The number of methoxy groups -OCH3 is 1. The minimum atomic E-state index is -1.02. The highest BCUT2D eigenvalue weighted by Crippen LogP contribution is 2.38. The maximum atomic E-state index is 14.1. The van der Waals surface area contributed by atoms with Gasteiger partial charge in [-0.15, -0.1) is 0 Å². The number of amides is 2. The van der Waals surface area contributed by atoms with Crippen molar-refractivity contribution in [1.82, 2.24) is 19.4 Å². The quantitative estimate of drug-likeness (QED) is 0.568. The molecule has 2 amide bonds. The lowest BCUT2D eigenvalue weighted by Crippen LogP contribution is -2.64. The standard InChI is InChI=1S/C26H34N4O3/c1-18(2)10-11-27-25(32)26(4)17-29-21-9-8-19(3)16-20(21)22(28-12-6-7-13-28)23(29)24(31)30(26)14-15-33-5/h6-9,12-13,16,18H,10-11,14-15,17H2,1-5H3,(H,27,32)/t26-/m0/s1. The minimum absolute atomic E-state index is 0.130. The van der Waals surface area contributed by atoms with E-state index in [9.17, 15) is 9.59 Å². The van der Waals surface area contributed by atoms with Crippen LogP contribution in [0.4, 0.5) is 0 Å². The van der Waals surface area contributed by atoms with Gasteiger partial charge in [0.05, 0.1) is 24.4 Å². The van der Waals surface area contributed by atoms with Gasteiger partial charge in [0.15, 0.2) is 0 Å².